The number of aromatic nitrogens is 2. The largest absolute Gasteiger partial charge is 0.348 e. The fraction of sp³-hybridized carbons (Fsp3) is 0.143. The molecule has 2 aromatic carbocycles. The van der Waals surface area contributed by atoms with Gasteiger partial charge in [-0.15, -0.1) is 0 Å². The number of carbonyl (C=O) groups is 2. The van der Waals surface area contributed by atoms with Crippen molar-refractivity contribution in [3.63, 3.8) is 0 Å². The Balaban J connectivity index is 1.60. The second-order valence-electron chi connectivity index (χ2n) is 6.35. The van der Waals surface area contributed by atoms with E-state index in [9.17, 15) is 9.59 Å². The van der Waals surface area contributed by atoms with Gasteiger partial charge in [-0.2, -0.15) is 0 Å². The first-order valence-corrected chi connectivity index (χ1v) is 8.80. The van der Waals surface area contributed by atoms with Crippen LogP contribution in [-0.2, 0) is 11.3 Å². The van der Waals surface area contributed by atoms with Gasteiger partial charge in [0, 0.05) is 37.2 Å². The smallest absolute Gasteiger partial charge is 0.254 e. The molecule has 3 aromatic rings. The van der Waals surface area contributed by atoms with Gasteiger partial charge in [-0.1, -0.05) is 35.9 Å². The lowest BCUT2D eigenvalue weighted by molar-refractivity contribution is -0.114. The fourth-order valence-corrected chi connectivity index (χ4v) is 2.62. The molecule has 3 N–H and O–H groups in total. The van der Waals surface area contributed by atoms with E-state index in [0.717, 1.165) is 16.8 Å². The molecule has 0 saturated carbocycles. The van der Waals surface area contributed by atoms with Crippen LogP contribution in [0.1, 0.15) is 28.4 Å². The summed E-state index contributed by atoms with van der Waals surface area (Å²) in [7, 11) is 0. The minimum Gasteiger partial charge on any atom is -0.348 e. The Bertz CT molecular complexity index is 986. The average molecular weight is 375 g/mol. The molecule has 0 saturated heterocycles. The number of rotatable bonds is 6. The molecule has 0 aliphatic heterocycles. The second-order valence-corrected chi connectivity index (χ2v) is 6.35. The zero-order valence-corrected chi connectivity index (χ0v) is 15.7. The summed E-state index contributed by atoms with van der Waals surface area (Å²) in [4.78, 5) is 31.8. The lowest BCUT2D eigenvalue weighted by Gasteiger charge is -2.08. The molecule has 142 valence electrons. The van der Waals surface area contributed by atoms with Crippen LogP contribution in [0.5, 0.6) is 0 Å². The maximum atomic E-state index is 12.3. The van der Waals surface area contributed by atoms with Gasteiger partial charge in [0.1, 0.15) is 0 Å². The number of amides is 2. The fourth-order valence-electron chi connectivity index (χ4n) is 2.62. The average Bonchev–Trinajstić information content (AvgIpc) is 2.66. The van der Waals surface area contributed by atoms with E-state index in [0.29, 0.717) is 23.7 Å². The van der Waals surface area contributed by atoms with Gasteiger partial charge in [0.2, 0.25) is 11.9 Å². The molecule has 1 aromatic heterocycles. The number of nitrogens with one attached hydrogen (secondary N) is 3. The Labute approximate surface area is 163 Å². The van der Waals surface area contributed by atoms with Gasteiger partial charge in [0.25, 0.3) is 5.91 Å². The van der Waals surface area contributed by atoms with Crippen molar-refractivity contribution in [3.05, 3.63) is 77.6 Å². The SMILES string of the molecule is CC(=O)Nc1cccc(Nc2ncc(C(=O)NCc3cccc(C)c3)cn2)c1. The summed E-state index contributed by atoms with van der Waals surface area (Å²) in [6.45, 7) is 3.90. The Morgan fingerprint density at radius 2 is 1.68 bits per heavy atom. The van der Waals surface area contributed by atoms with Crippen LogP contribution in [0.4, 0.5) is 17.3 Å². The topological polar surface area (TPSA) is 96.0 Å². The van der Waals surface area contributed by atoms with E-state index >= 15 is 0 Å². The van der Waals surface area contributed by atoms with Crippen molar-refractivity contribution in [1.82, 2.24) is 15.3 Å². The summed E-state index contributed by atoms with van der Waals surface area (Å²) < 4.78 is 0. The van der Waals surface area contributed by atoms with E-state index in [2.05, 4.69) is 25.9 Å². The maximum absolute atomic E-state index is 12.3. The molecule has 0 unspecified atom stereocenters. The van der Waals surface area contributed by atoms with Crippen LogP contribution in [0.15, 0.2) is 60.9 Å². The van der Waals surface area contributed by atoms with Crippen molar-refractivity contribution in [2.24, 2.45) is 0 Å². The molecule has 7 nitrogen and oxygen atoms in total. The molecule has 0 radical (unpaired) electrons. The highest BCUT2D eigenvalue weighted by atomic mass is 16.2. The van der Waals surface area contributed by atoms with Gasteiger partial charge in [-0.3, -0.25) is 9.59 Å². The summed E-state index contributed by atoms with van der Waals surface area (Å²) in [5.41, 5.74) is 3.96. The molecule has 28 heavy (non-hydrogen) atoms. The van der Waals surface area contributed by atoms with Gasteiger partial charge in [-0.25, -0.2) is 9.97 Å². The molecule has 0 bridgehead atoms. The number of nitrogens with zero attached hydrogens (tertiary/aromatic N) is 2. The number of anilines is 3. The zero-order chi connectivity index (χ0) is 19.9. The van der Waals surface area contributed by atoms with E-state index < -0.39 is 0 Å². The molecule has 0 atom stereocenters. The predicted octanol–water partition coefficient (Wildman–Crippen LogP) is 3.42. The lowest BCUT2D eigenvalue weighted by Crippen LogP contribution is -2.23. The number of aryl methyl sites for hydroxylation is 1. The highest BCUT2D eigenvalue weighted by Gasteiger charge is 2.08. The molecule has 0 spiro atoms. The monoisotopic (exact) mass is 375 g/mol. The summed E-state index contributed by atoms with van der Waals surface area (Å²) in [5, 5.41) is 8.61. The summed E-state index contributed by atoms with van der Waals surface area (Å²) in [5.74, 6) is -0.0228. The van der Waals surface area contributed by atoms with Crippen molar-refractivity contribution in [3.8, 4) is 0 Å². The van der Waals surface area contributed by atoms with Crippen LogP contribution < -0.4 is 16.0 Å². The summed E-state index contributed by atoms with van der Waals surface area (Å²) in [6, 6.07) is 15.2. The first-order valence-electron chi connectivity index (χ1n) is 8.80. The maximum Gasteiger partial charge on any atom is 0.254 e. The normalized spacial score (nSPS) is 10.2. The van der Waals surface area contributed by atoms with Crippen molar-refractivity contribution in [2.75, 3.05) is 10.6 Å². The van der Waals surface area contributed by atoms with E-state index in [1.54, 1.807) is 18.2 Å². The van der Waals surface area contributed by atoms with Gasteiger partial charge in [-0.05, 0) is 30.7 Å². The van der Waals surface area contributed by atoms with Crippen LogP contribution in [-0.4, -0.2) is 21.8 Å². The molecule has 0 fully saturated rings. The predicted molar refractivity (Wildman–Crippen MR) is 108 cm³/mol. The highest BCUT2D eigenvalue weighted by Crippen LogP contribution is 2.18. The van der Waals surface area contributed by atoms with Crippen LogP contribution >= 0.6 is 0 Å². The van der Waals surface area contributed by atoms with E-state index in [4.69, 9.17) is 0 Å². The number of hydrogen-bond donors (Lipinski definition) is 3. The van der Waals surface area contributed by atoms with Crippen molar-refractivity contribution >= 4 is 29.1 Å². The molecule has 7 heteroatoms. The minimum absolute atomic E-state index is 0.144. The van der Waals surface area contributed by atoms with Gasteiger partial charge in [0.15, 0.2) is 0 Å². The molecule has 1 heterocycles. The zero-order valence-electron chi connectivity index (χ0n) is 15.7. The minimum atomic E-state index is -0.235. The molecule has 0 aliphatic carbocycles. The highest BCUT2D eigenvalue weighted by molar-refractivity contribution is 5.93. The quantitative estimate of drug-likeness (QED) is 0.613. The lowest BCUT2D eigenvalue weighted by atomic mass is 10.1. The Morgan fingerprint density at radius 1 is 0.964 bits per heavy atom. The third-order valence-electron chi connectivity index (χ3n) is 3.89. The number of carbonyl (C=O) groups excluding carboxylic acids is 2. The van der Waals surface area contributed by atoms with E-state index in [-0.39, 0.29) is 11.8 Å². The van der Waals surface area contributed by atoms with Gasteiger partial charge < -0.3 is 16.0 Å². The standard InChI is InChI=1S/C21H21N5O2/c1-14-5-3-6-16(9-14)11-22-20(28)17-12-23-21(24-13-17)26-19-8-4-7-18(10-19)25-15(2)27/h3-10,12-13H,11H2,1-2H3,(H,22,28)(H,25,27)(H,23,24,26). The molecule has 3 rings (SSSR count). The van der Waals surface area contributed by atoms with Crippen molar-refractivity contribution < 1.29 is 9.59 Å². The first kappa shape index (κ1) is 19.0. The Morgan fingerprint density at radius 3 is 2.39 bits per heavy atom. The van der Waals surface area contributed by atoms with Crippen LogP contribution in [0.25, 0.3) is 0 Å². The summed E-state index contributed by atoms with van der Waals surface area (Å²) in [6.07, 6.45) is 2.94. The van der Waals surface area contributed by atoms with Crippen LogP contribution in [0, 0.1) is 6.92 Å². The van der Waals surface area contributed by atoms with Crippen LogP contribution in [0.2, 0.25) is 0 Å². The van der Waals surface area contributed by atoms with Crippen molar-refractivity contribution in [2.45, 2.75) is 20.4 Å². The second kappa shape index (κ2) is 8.77. The van der Waals surface area contributed by atoms with Gasteiger partial charge in [0.05, 0.1) is 5.56 Å². The summed E-state index contributed by atoms with van der Waals surface area (Å²) >= 11 is 0. The third kappa shape index (κ3) is 5.38. The number of benzene rings is 2. The van der Waals surface area contributed by atoms with Crippen molar-refractivity contribution in [1.29, 1.82) is 0 Å². The molecule has 0 aliphatic rings. The van der Waals surface area contributed by atoms with Gasteiger partial charge >= 0.3 is 0 Å². The Kier molecular flexibility index (Phi) is 5.96. The van der Waals surface area contributed by atoms with E-state index in [1.165, 1.54) is 19.3 Å². The third-order valence-corrected chi connectivity index (χ3v) is 3.89. The van der Waals surface area contributed by atoms with E-state index in [1.807, 2.05) is 37.3 Å². The van der Waals surface area contributed by atoms with Crippen LogP contribution in [0.3, 0.4) is 0 Å². The molecular weight excluding hydrogens is 354 g/mol. The number of hydrogen-bond acceptors (Lipinski definition) is 5. The Hall–Kier alpha value is -3.74. The molecule has 2 amide bonds. The first-order chi connectivity index (χ1) is 13.5. The molecular formula is C21H21N5O2.